The maximum absolute atomic E-state index is 13.0. The van der Waals surface area contributed by atoms with E-state index in [2.05, 4.69) is 41.5 Å². The zero-order chi connectivity index (χ0) is 66.5. The van der Waals surface area contributed by atoms with Gasteiger partial charge in [0.2, 0.25) is 0 Å². The highest BCUT2D eigenvalue weighted by Gasteiger charge is 2.30. The minimum atomic E-state index is -4.95. The number of rotatable bonds is 70. The SMILES string of the molecule is CCCCCCCCCCCCCCC(=O)OC[C@H](COP(=O)(O)OC[C@@H](O)COP(=O)(O)OC[C@@H](COC(=O)CCCCCCCCC(C)C)OC(=O)CCCCCCCCCCCCCC)OC(=O)CCCCCCCCCCCCCCCCC(C)C. The first-order chi connectivity index (χ1) is 43.4. The van der Waals surface area contributed by atoms with Crippen LogP contribution in [0.1, 0.15) is 363 Å². The molecule has 3 N–H and O–H groups in total. The second-order valence-corrected chi connectivity index (χ2v) is 29.5. The molecular weight excluding hydrogens is 1190 g/mol. The average molecular weight is 1330 g/mol. The molecule has 0 radical (unpaired) electrons. The molecule has 534 valence electrons. The fourth-order valence-electron chi connectivity index (χ4n) is 10.8. The van der Waals surface area contributed by atoms with Crippen LogP contribution in [0.5, 0.6) is 0 Å². The molecule has 0 aliphatic heterocycles. The predicted molar refractivity (Wildman–Crippen MR) is 363 cm³/mol. The van der Waals surface area contributed by atoms with Gasteiger partial charge in [0.15, 0.2) is 12.2 Å². The molecule has 90 heavy (non-hydrogen) atoms. The predicted octanol–water partition coefficient (Wildman–Crippen LogP) is 20.4. The highest BCUT2D eigenvalue weighted by Crippen LogP contribution is 2.45. The van der Waals surface area contributed by atoms with Gasteiger partial charge in [-0.05, 0) is 37.5 Å². The van der Waals surface area contributed by atoms with Crippen molar-refractivity contribution in [2.45, 2.75) is 381 Å². The highest BCUT2D eigenvalue weighted by molar-refractivity contribution is 7.47. The summed E-state index contributed by atoms with van der Waals surface area (Å²) in [5.74, 6) is -0.648. The van der Waals surface area contributed by atoms with Gasteiger partial charge in [0, 0.05) is 25.7 Å². The van der Waals surface area contributed by atoms with Crippen molar-refractivity contribution >= 4 is 39.5 Å². The number of unbranched alkanes of at least 4 members (excludes halogenated alkanes) is 40. The van der Waals surface area contributed by atoms with Gasteiger partial charge in [-0.25, -0.2) is 9.13 Å². The summed E-state index contributed by atoms with van der Waals surface area (Å²) in [6.07, 6.45) is 48.6. The largest absolute Gasteiger partial charge is 0.472 e. The lowest BCUT2D eigenvalue weighted by Crippen LogP contribution is -2.30. The Morgan fingerprint density at radius 1 is 0.300 bits per heavy atom. The first-order valence-electron chi connectivity index (χ1n) is 37.0. The molecule has 0 aliphatic rings. The van der Waals surface area contributed by atoms with Gasteiger partial charge in [-0.15, -0.1) is 0 Å². The van der Waals surface area contributed by atoms with Gasteiger partial charge in [-0.1, -0.05) is 311 Å². The normalized spacial score (nSPS) is 14.1. The molecule has 0 bridgehead atoms. The van der Waals surface area contributed by atoms with E-state index in [1.165, 1.54) is 173 Å². The Hall–Kier alpha value is -1.94. The summed E-state index contributed by atoms with van der Waals surface area (Å²) in [4.78, 5) is 72.5. The molecule has 0 aromatic carbocycles. The lowest BCUT2D eigenvalue weighted by Gasteiger charge is -2.21. The van der Waals surface area contributed by atoms with Crippen LogP contribution in [0.25, 0.3) is 0 Å². The van der Waals surface area contributed by atoms with Crippen LogP contribution in [-0.4, -0.2) is 96.7 Å². The van der Waals surface area contributed by atoms with Crippen molar-refractivity contribution in [3.8, 4) is 0 Å². The second-order valence-electron chi connectivity index (χ2n) is 26.6. The van der Waals surface area contributed by atoms with Crippen LogP contribution in [0.2, 0.25) is 0 Å². The fraction of sp³-hybridized carbons (Fsp3) is 0.944. The topological polar surface area (TPSA) is 237 Å². The number of hydrogen-bond acceptors (Lipinski definition) is 15. The number of hydrogen-bond donors (Lipinski definition) is 3. The van der Waals surface area contributed by atoms with Gasteiger partial charge in [0.25, 0.3) is 0 Å². The van der Waals surface area contributed by atoms with Crippen molar-refractivity contribution in [1.29, 1.82) is 0 Å². The third-order valence-electron chi connectivity index (χ3n) is 16.5. The van der Waals surface area contributed by atoms with E-state index in [4.69, 9.17) is 37.0 Å². The Labute approximate surface area is 549 Å². The van der Waals surface area contributed by atoms with E-state index in [0.717, 1.165) is 102 Å². The van der Waals surface area contributed by atoms with Crippen LogP contribution in [0.15, 0.2) is 0 Å². The Morgan fingerprint density at radius 2 is 0.511 bits per heavy atom. The molecule has 0 spiro atoms. The molecule has 5 atom stereocenters. The fourth-order valence-corrected chi connectivity index (χ4v) is 12.3. The number of phosphoric acid groups is 2. The van der Waals surface area contributed by atoms with Gasteiger partial charge < -0.3 is 33.8 Å². The molecule has 2 unspecified atom stereocenters. The molecule has 17 nitrogen and oxygen atoms in total. The zero-order valence-corrected chi connectivity index (χ0v) is 60.2. The van der Waals surface area contributed by atoms with Crippen LogP contribution < -0.4 is 0 Å². The number of carbonyl (C=O) groups is 4. The zero-order valence-electron chi connectivity index (χ0n) is 58.4. The molecule has 0 saturated carbocycles. The lowest BCUT2D eigenvalue weighted by atomic mass is 10.0. The van der Waals surface area contributed by atoms with Crippen molar-refractivity contribution in [3.05, 3.63) is 0 Å². The summed E-state index contributed by atoms with van der Waals surface area (Å²) < 4.78 is 68.3. The van der Waals surface area contributed by atoms with Gasteiger partial charge >= 0.3 is 39.5 Å². The molecule has 0 fully saturated rings. The molecule has 19 heteroatoms. The van der Waals surface area contributed by atoms with E-state index in [9.17, 15) is 43.2 Å². The van der Waals surface area contributed by atoms with E-state index in [1.807, 2.05) is 0 Å². The molecule has 0 heterocycles. The molecule has 0 aliphatic carbocycles. The van der Waals surface area contributed by atoms with E-state index >= 15 is 0 Å². The maximum atomic E-state index is 13.0. The molecule has 0 aromatic heterocycles. The summed E-state index contributed by atoms with van der Waals surface area (Å²) >= 11 is 0. The Kier molecular flexibility index (Phi) is 61.8. The molecule has 0 rings (SSSR count). The second kappa shape index (κ2) is 63.1. The number of aliphatic hydroxyl groups excluding tert-OH is 1. The van der Waals surface area contributed by atoms with Crippen molar-refractivity contribution < 1.29 is 80.2 Å². The van der Waals surface area contributed by atoms with Gasteiger partial charge in [-0.2, -0.15) is 0 Å². The summed E-state index contributed by atoms with van der Waals surface area (Å²) in [6, 6.07) is 0. The van der Waals surface area contributed by atoms with Crippen molar-refractivity contribution in [2.24, 2.45) is 11.8 Å². The summed E-state index contributed by atoms with van der Waals surface area (Å²) in [7, 11) is -9.90. The molecule has 0 saturated heterocycles. The third-order valence-corrected chi connectivity index (χ3v) is 18.4. The number of esters is 4. The van der Waals surface area contributed by atoms with Crippen molar-refractivity contribution in [1.82, 2.24) is 0 Å². The van der Waals surface area contributed by atoms with Crippen LogP contribution in [0.4, 0.5) is 0 Å². The Morgan fingerprint density at radius 3 is 0.756 bits per heavy atom. The van der Waals surface area contributed by atoms with Gasteiger partial charge in [0.05, 0.1) is 26.4 Å². The van der Waals surface area contributed by atoms with Crippen LogP contribution in [0.3, 0.4) is 0 Å². The summed E-state index contributed by atoms with van der Waals surface area (Å²) in [5.41, 5.74) is 0. The highest BCUT2D eigenvalue weighted by atomic mass is 31.2. The standard InChI is InChI=1S/C71H138O17P2/c1-7-9-11-13-15-17-19-26-30-34-41-47-53-68(73)81-59-66(87-71(76)56-50-44-36-32-28-24-22-21-23-25-29-33-39-45-51-63(3)4)61-85-89(77,78)83-57-65(72)58-84-90(79,80)86-62-67(60-82-69(74)54-48-42-38-37-40-46-52-64(5)6)88-70(75)55-49-43-35-31-27-20-18-16-14-12-10-8-2/h63-67,72H,7-62H2,1-6H3,(H,77,78)(H,79,80)/t65-,66-,67-/m1/s1. The smallest absolute Gasteiger partial charge is 0.462 e. The maximum Gasteiger partial charge on any atom is 0.472 e. The van der Waals surface area contributed by atoms with Gasteiger partial charge in [-0.3, -0.25) is 37.3 Å². The quantitative estimate of drug-likeness (QED) is 0.0222. The summed E-state index contributed by atoms with van der Waals surface area (Å²) in [6.45, 7) is 9.50. The third kappa shape index (κ3) is 64.8. The van der Waals surface area contributed by atoms with E-state index < -0.39 is 97.5 Å². The molecule has 0 amide bonds. The van der Waals surface area contributed by atoms with E-state index in [1.54, 1.807) is 0 Å². The van der Waals surface area contributed by atoms with Crippen molar-refractivity contribution in [2.75, 3.05) is 39.6 Å². The summed E-state index contributed by atoms with van der Waals surface area (Å²) in [5, 5.41) is 10.6. The van der Waals surface area contributed by atoms with Crippen LogP contribution >= 0.6 is 15.6 Å². The van der Waals surface area contributed by atoms with E-state index in [0.29, 0.717) is 31.6 Å². The first-order valence-corrected chi connectivity index (χ1v) is 40.0. The van der Waals surface area contributed by atoms with E-state index in [-0.39, 0.29) is 25.7 Å². The Bertz CT molecular complexity index is 1750. The first kappa shape index (κ1) is 88.1. The monoisotopic (exact) mass is 1320 g/mol. The number of aliphatic hydroxyl groups is 1. The van der Waals surface area contributed by atoms with Crippen LogP contribution in [-0.2, 0) is 65.4 Å². The minimum Gasteiger partial charge on any atom is -0.462 e. The van der Waals surface area contributed by atoms with Gasteiger partial charge in [0.1, 0.15) is 19.3 Å². The lowest BCUT2D eigenvalue weighted by molar-refractivity contribution is -0.161. The average Bonchev–Trinajstić information content (AvgIpc) is 2.68. The Balaban J connectivity index is 5.23. The molecule has 0 aromatic rings. The minimum absolute atomic E-state index is 0.106. The number of phosphoric ester groups is 2. The molecular formula is C71H138O17P2. The van der Waals surface area contributed by atoms with Crippen LogP contribution in [0, 0.1) is 11.8 Å². The number of ether oxygens (including phenoxy) is 4. The van der Waals surface area contributed by atoms with Crippen molar-refractivity contribution in [3.63, 3.8) is 0 Å². The number of carbonyl (C=O) groups excluding carboxylic acids is 4.